The Hall–Kier alpha value is -2.63. The van der Waals surface area contributed by atoms with Crippen LogP contribution in [-0.4, -0.2) is 34.7 Å². The van der Waals surface area contributed by atoms with Crippen LogP contribution in [0.3, 0.4) is 0 Å². The number of aromatic nitrogens is 2. The van der Waals surface area contributed by atoms with Crippen molar-refractivity contribution in [2.24, 2.45) is 5.92 Å². The fourth-order valence-electron chi connectivity index (χ4n) is 2.64. The lowest BCUT2D eigenvalue weighted by Gasteiger charge is -2.21. The molecule has 1 saturated heterocycles. The normalized spacial score (nSPS) is 17.6. The van der Waals surface area contributed by atoms with Gasteiger partial charge >= 0.3 is 0 Å². The smallest absolute Gasteiger partial charge is 0.224 e. The summed E-state index contributed by atoms with van der Waals surface area (Å²) in [6.07, 6.45) is 5.59. The van der Waals surface area contributed by atoms with Crippen molar-refractivity contribution in [3.8, 4) is 5.69 Å². The molecule has 2 heterocycles. The molecule has 0 unspecified atom stereocenters. The molecule has 0 radical (unpaired) electrons. The van der Waals surface area contributed by atoms with Crippen LogP contribution < -0.4 is 10.6 Å². The van der Waals surface area contributed by atoms with E-state index in [4.69, 9.17) is 0 Å². The van der Waals surface area contributed by atoms with Crippen LogP contribution in [0.15, 0.2) is 42.7 Å². The monoisotopic (exact) mass is 312 g/mol. The van der Waals surface area contributed by atoms with Gasteiger partial charge in [-0.25, -0.2) is 4.68 Å². The highest BCUT2D eigenvalue weighted by atomic mass is 16.2. The highest BCUT2D eigenvalue weighted by Gasteiger charge is 2.23. The van der Waals surface area contributed by atoms with Gasteiger partial charge in [0.15, 0.2) is 0 Å². The number of hydrogen-bond acceptors (Lipinski definition) is 3. The Labute approximate surface area is 134 Å². The molecule has 0 bridgehead atoms. The number of nitrogens with one attached hydrogen (secondary N) is 2. The third kappa shape index (κ3) is 3.97. The third-order valence-corrected chi connectivity index (χ3v) is 4.01. The second-order valence-corrected chi connectivity index (χ2v) is 5.71. The minimum atomic E-state index is -0.111. The van der Waals surface area contributed by atoms with Gasteiger partial charge in [0.2, 0.25) is 11.8 Å². The highest BCUT2D eigenvalue weighted by molar-refractivity contribution is 5.83. The van der Waals surface area contributed by atoms with Gasteiger partial charge in [-0.05, 0) is 30.5 Å². The zero-order valence-corrected chi connectivity index (χ0v) is 12.9. The summed E-state index contributed by atoms with van der Waals surface area (Å²) >= 11 is 0. The fourth-order valence-corrected chi connectivity index (χ4v) is 2.64. The molecule has 2 N–H and O–H groups in total. The molecule has 6 nitrogen and oxygen atoms in total. The second kappa shape index (κ2) is 7.09. The van der Waals surface area contributed by atoms with Gasteiger partial charge in [-0.15, -0.1) is 0 Å². The molecule has 23 heavy (non-hydrogen) atoms. The Morgan fingerprint density at radius 2 is 2.17 bits per heavy atom. The van der Waals surface area contributed by atoms with Crippen molar-refractivity contribution in [2.75, 3.05) is 13.1 Å². The average Bonchev–Trinajstić information content (AvgIpc) is 3.05. The van der Waals surface area contributed by atoms with Crippen molar-refractivity contribution < 1.29 is 9.59 Å². The summed E-state index contributed by atoms with van der Waals surface area (Å²) < 4.78 is 1.83. The van der Waals surface area contributed by atoms with Crippen LogP contribution in [0.25, 0.3) is 5.69 Å². The van der Waals surface area contributed by atoms with Crippen molar-refractivity contribution in [3.05, 3.63) is 48.3 Å². The predicted molar refractivity (Wildman–Crippen MR) is 86.0 cm³/mol. The summed E-state index contributed by atoms with van der Waals surface area (Å²) in [7, 11) is 0. The molecular formula is C17H20N4O2. The summed E-state index contributed by atoms with van der Waals surface area (Å²) in [5, 5.41) is 10.0. The molecule has 1 fully saturated rings. The lowest BCUT2D eigenvalue weighted by molar-refractivity contribution is -0.128. The number of nitrogens with zero attached hydrogens (tertiary/aromatic N) is 2. The Kier molecular flexibility index (Phi) is 4.71. The number of hydrogen-bond donors (Lipinski definition) is 2. The predicted octanol–water partition coefficient (Wildman–Crippen LogP) is 1.06. The largest absolute Gasteiger partial charge is 0.355 e. The number of amides is 2. The zero-order valence-electron chi connectivity index (χ0n) is 12.9. The van der Waals surface area contributed by atoms with E-state index in [0.29, 0.717) is 25.9 Å². The average molecular weight is 312 g/mol. The van der Waals surface area contributed by atoms with E-state index >= 15 is 0 Å². The van der Waals surface area contributed by atoms with Crippen LogP contribution in [0, 0.1) is 5.92 Å². The van der Waals surface area contributed by atoms with E-state index in [0.717, 1.165) is 17.7 Å². The van der Waals surface area contributed by atoms with E-state index in [1.54, 1.807) is 0 Å². The van der Waals surface area contributed by atoms with Crippen molar-refractivity contribution >= 4 is 11.8 Å². The van der Waals surface area contributed by atoms with Crippen LogP contribution in [0.2, 0.25) is 0 Å². The summed E-state index contributed by atoms with van der Waals surface area (Å²) in [5.74, 6) is -0.0671. The van der Waals surface area contributed by atoms with Gasteiger partial charge < -0.3 is 10.6 Å². The minimum absolute atomic E-state index is 0.0143. The number of benzene rings is 1. The summed E-state index contributed by atoms with van der Waals surface area (Å²) in [4.78, 5) is 23.1. The van der Waals surface area contributed by atoms with Crippen LogP contribution in [0.4, 0.5) is 0 Å². The number of carbonyl (C=O) groups excluding carboxylic acids is 2. The van der Waals surface area contributed by atoms with Crippen LogP contribution in [0.5, 0.6) is 0 Å². The number of piperidine rings is 1. The van der Waals surface area contributed by atoms with E-state index in [-0.39, 0.29) is 17.7 Å². The molecule has 1 aliphatic rings. The zero-order chi connectivity index (χ0) is 16.1. The molecule has 1 aromatic carbocycles. The van der Waals surface area contributed by atoms with Gasteiger partial charge in [-0.1, -0.05) is 18.2 Å². The first-order valence-corrected chi connectivity index (χ1v) is 7.86. The van der Waals surface area contributed by atoms with Gasteiger partial charge in [0.1, 0.15) is 0 Å². The minimum Gasteiger partial charge on any atom is -0.355 e. The Morgan fingerprint density at radius 1 is 1.35 bits per heavy atom. The van der Waals surface area contributed by atoms with E-state index in [1.165, 1.54) is 0 Å². The SMILES string of the molecule is O=C1CC[C@H](C(=O)NCCc2cnn(-c3ccccc3)c2)CN1. The fraction of sp³-hybridized carbons (Fsp3) is 0.353. The Balaban J connectivity index is 1.47. The molecule has 0 spiro atoms. The second-order valence-electron chi connectivity index (χ2n) is 5.71. The molecule has 6 heteroatoms. The van der Waals surface area contributed by atoms with Gasteiger partial charge in [-0.2, -0.15) is 5.10 Å². The molecule has 1 aliphatic heterocycles. The molecule has 3 rings (SSSR count). The van der Waals surface area contributed by atoms with Gasteiger partial charge in [-0.3, -0.25) is 9.59 Å². The molecule has 0 saturated carbocycles. The summed E-state index contributed by atoms with van der Waals surface area (Å²) in [6.45, 7) is 1.01. The maximum Gasteiger partial charge on any atom is 0.224 e. The lowest BCUT2D eigenvalue weighted by atomic mass is 9.98. The van der Waals surface area contributed by atoms with E-state index in [9.17, 15) is 9.59 Å². The van der Waals surface area contributed by atoms with Gasteiger partial charge in [0.25, 0.3) is 0 Å². The summed E-state index contributed by atoms with van der Waals surface area (Å²) in [5.41, 5.74) is 2.09. The first-order chi connectivity index (χ1) is 11.2. The van der Waals surface area contributed by atoms with Crippen LogP contribution in [-0.2, 0) is 16.0 Å². The third-order valence-electron chi connectivity index (χ3n) is 4.01. The molecule has 2 amide bonds. The number of para-hydroxylation sites is 1. The molecule has 1 aromatic heterocycles. The molecule has 0 aliphatic carbocycles. The van der Waals surface area contributed by atoms with E-state index < -0.39 is 0 Å². The molecule has 1 atom stereocenters. The van der Waals surface area contributed by atoms with Gasteiger partial charge in [0.05, 0.1) is 17.8 Å². The first-order valence-electron chi connectivity index (χ1n) is 7.86. The number of carbonyl (C=O) groups is 2. The van der Waals surface area contributed by atoms with Gasteiger partial charge in [0, 0.05) is 25.7 Å². The van der Waals surface area contributed by atoms with Crippen molar-refractivity contribution in [1.29, 1.82) is 0 Å². The van der Waals surface area contributed by atoms with Crippen molar-refractivity contribution in [3.63, 3.8) is 0 Å². The Morgan fingerprint density at radius 3 is 2.91 bits per heavy atom. The van der Waals surface area contributed by atoms with Crippen molar-refractivity contribution in [1.82, 2.24) is 20.4 Å². The lowest BCUT2D eigenvalue weighted by Crippen LogP contribution is -2.43. The Bertz CT molecular complexity index is 671. The maximum atomic E-state index is 12.0. The van der Waals surface area contributed by atoms with Crippen molar-refractivity contribution in [2.45, 2.75) is 19.3 Å². The summed E-state index contributed by atoms with van der Waals surface area (Å²) in [6, 6.07) is 9.91. The first kappa shape index (κ1) is 15.3. The molecule has 120 valence electrons. The quantitative estimate of drug-likeness (QED) is 0.867. The highest BCUT2D eigenvalue weighted by Crippen LogP contribution is 2.11. The van der Waals surface area contributed by atoms with Crippen LogP contribution >= 0.6 is 0 Å². The van der Waals surface area contributed by atoms with Crippen LogP contribution in [0.1, 0.15) is 18.4 Å². The van der Waals surface area contributed by atoms with E-state index in [1.807, 2.05) is 47.4 Å². The molecule has 2 aromatic rings. The number of rotatable bonds is 5. The maximum absolute atomic E-state index is 12.0. The standard InChI is InChI=1S/C17H20N4O2/c22-16-7-6-14(11-19-16)17(23)18-9-8-13-10-20-21(12-13)15-4-2-1-3-5-15/h1-5,10,12,14H,6-9,11H2,(H,18,23)(H,19,22)/t14-/m0/s1. The topological polar surface area (TPSA) is 76.0 Å². The van der Waals surface area contributed by atoms with E-state index in [2.05, 4.69) is 15.7 Å². The molecular weight excluding hydrogens is 292 g/mol.